The van der Waals surface area contributed by atoms with Gasteiger partial charge in [-0.1, -0.05) is 235 Å². The van der Waals surface area contributed by atoms with Gasteiger partial charge in [-0.25, -0.2) is 0 Å². The van der Waals surface area contributed by atoms with Crippen LogP contribution in [0.5, 0.6) is 0 Å². The molecule has 0 aliphatic rings. The minimum atomic E-state index is -0.794. The molecule has 1 atom stereocenters. The van der Waals surface area contributed by atoms with E-state index in [1.54, 1.807) is 0 Å². The number of esters is 3. The van der Waals surface area contributed by atoms with Crippen LogP contribution in [-0.2, 0) is 28.6 Å². The maximum Gasteiger partial charge on any atom is 0.306 e. The van der Waals surface area contributed by atoms with E-state index in [4.69, 9.17) is 14.2 Å². The molecule has 0 amide bonds. The number of carbonyl (C=O) groups is 3. The zero-order valence-corrected chi connectivity index (χ0v) is 42.7. The van der Waals surface area contributed by atoms with E-state index in [-0.39, 0.29) is 31.1 Å². The fraction of sp³-hybridized carbons (Fsp3) is 0.746. The molecule has 0 saturated carbocycles. The summed E-state index contributed by atoms with van der Waals surface area (Å²) < 4.78 is 16.8. The monoisotopic (exact) mass is 907 g/mol. The molecule has 0 fully saturated rings. The van der Waals surface area contributed by atoms with Crippen LogP contribution in [-0.4, -0.2) is 37.2 Å². The Labute approximate surface area is 402 Å². The molecule has 0 radical (unpaired) electrons. The van der Waals surface area contributed by atoms with E-state index in [2.05, 4.69) is 93.7 Å². The van der Waals surface area contributed by atoms with Gasteiger partial charge < -0.3 is 14.2 Å². The standard InChI is InChI=1S/C59H102O6/c1-4-7-10-13-16-19-22-25-28-30-32-34-37-40-43-46-49-52-58(61)64-55-56(54-63-57(60)51-48-45-42-39-36-33-27-24-21-18-15-12-9-6-3)65-59(62)53-50-47-44-41-38-35-31-29-26-23-20-17-14-11-8-5-2/h8-9,11-12,17-18,20-21,26,29,35,38,56H,4-7,10,13-16,19,22-25,27-28,30-34,36-37,39-55H2,1-3H3/b11-8-,12-9-,20-17-,21-18-,29-26-,38-35-. The molecule has 0 aromatic rings. The summed E-state index contributed by atoms with van der Waals surface area (Å²) in [4.78, 5) is 38.1. The van der Waals surface area contributed by atoms with Crippen molar-refractivity contribution in [3.8, 4) is 0 Å². The highest BCUT2D eigenvalue weighted by Crippen LogP contribution is 2.16. The fourth-order valence-electron chi connectivity index (χ4n) is 7.65. The third-order valence-electron chi connectivity index (χ3n) is 11.7. The Bertz CT molecular complexity index is 1230. The van der Waals surface area contributed by atoms with E-state index in [1.807, 2.05) is 0 Å². The molecule has 0 aliphatic heterocycles. The van der Waals surface area contributed by atoms with Gasteiger partial charge >= 0.3 is 17.9 Å². The van der Waals surface area contributed by atoms with Crippen LogP contribution in [0.25, 0.3) is 0 Å². The molecule has 65 heavy (non-hydrogen) atoms. The van der Waals surface area contributed by atoms with Crippen LogP contribution in [0.1, 0.15) is 265 Å². The van der Waals surface area contributed by atoms with Crippen molar-refractivity contribution in [2.75, 3.05) is 13.2 Å². The molecular weight excluding hydrogens is 805 g/mol. The van der Waals surface area contributed by atoms with Crippen LogP contribution < -0.4 is 0 Å². The van der Waals surface area contributed by atoms with Crippen molar-refractivity contribution >= 4 is 17.9 Å². The molecule has 0 heterocycles. The summed E-state index contributed by atoms with van der Waals surface area (Å²) in [6.07, 6.45) is 67.5. The quantitative estimate of drug-likeness (QED) is 0.0262. The summed E-state index contributed by atoms with van der Waals surface area (Å²) in [6.45, 7) is 6.41. The molecule has 0 aliphatic carbocycles. The lowest BCUT2D eigenvalue weighted by Crippen LogP contribution is -2.30. The second-order valence-electron chi connectivity index (χ2n) is 18.1. The van der Waals surface area contributed by atoms with Crippen molar-refractivity contribution < 1.29 is 28.6 Å². The zero-order chi connectivity index (χ0) is 47.2. The van der Waals surface area contributed by atoms with Crippen LogP contribution >= 0.6 is 0 Å². The lowest BCUT2D eigenvalue weighted by Gasteiger charge is -2.18. The van der Waals surface area contributed by atoms with E-state index >= 15 is 0 Å². The molecule has 0 aromatic carbocycles. The van der Waals surface area contributed by atoms with Gasteiger partial charge in [-0.15, -0.1) is 0 Å². The Morgan fingerprint density at radius 1 is 0.323 bits per heavy atom. The summed E-state index contributed by atoms with van der Waals surface area (Å²) in [5.74, 6) is -0.922. The average Bonchev–Trinajstić information content (AvgIpc) is 3.30. The first kappa shape index (κ1) is 61.9. The van der Waals surface area contributed by atoms with Gasteiger partial charge in [0.25, 0.3) is 0 Å². The predicted molar refractivity (Wildman–Crippen MR) is 279 cm³/mol. The number of hydrogen-bond acceptors (Lipinski definition) is 6. The molecule has 374 valence electrons. The summed E-state index contributed by atoms with van der Waals surface area (Å²) in [5.41, 5.74) is 0. The van der Waals surface area contributed by atoms with E-state index in [0.29, 0.717) is 19.3 Å². The molecule has 0 saturated heterocycles. The third-order valence-corrected chi connectivity index (χ3v) is 11.7. The molecule has 1 unspecified atom stereocenters. The maximum absolute atomic E-state index is 12.8. The van der Waals surface area contributed by atoms with Gasteiger partial charge in [-0.2, -0.15) is 0 Å². The van der Waals surface area contributed by atoms with Crippen molar-refractivity contribution in [2.24, 2.45) is 0 Å². The van der Waals surface area contributed by atoms with Gasteiger partial charge in [0.2, 0.25) is 0 Å². The van der Waals surface area contributed by atoms with Crippen LogP contribution in [0.2, 0.25) is 0 Å². The Kier molecular flexibility index (Phi) is 50.9. The van der Waals surface area contributed by atoms with Gasteiger partial charge in [-0.05, 0) is 83.5 Å². The van der Waals surface area contributed by atoms with Crippen molar-refractivity contribution in [1.29, 1.82) is 0 Å². The van der Waals surface area contributed by atoms with E-state index in [1.165, 1.54) is 116 Å². The lowest BCUT2D eigenvalue weighted by atomic mass is 10.0. The Hall–Kier alpha value is -3.15. The molecule has 0 aromatic heterocycles. The number of hydrogen-bond donors (Lipinski definition) is 0. The van der Waals surface area contributed by atoms with Gasteiger partial charge in [0.15, 0.2) is 6.10 Å². The minimum absolute atomic E-state index is 0.0889. The van der Waals surface area contributed by atoms with Crippen molar-refractivity contribution in [3.05, 3.63) is 72.9 Å². The summed E-state index contributed by atoms with van der Waals surface area (Å²) in [5, 5.41) is 0. The number of allylic oxidation sites excluding steroid dienone is 12. The van der Waals surface area contributed by atoms with Crippen LogP contribution in [0.4, 0.5) is 0 Å². The van der Waals surface area contributed by atoms with Gasteiger partial charge in [0.1, 0.15) is 13.2 Å². The molecule has 0 spiro atoms. The van der Waals surface area contributed by atoms with E-state index < -0.39 is 6.10 Å². The SMILES string of the molecule is CC/C=C\C/C=C\C/C=C\C/C=C\CCCCCC(=O)OC(COC(=O)CCCCCCCCC/C=C\C/C=C\CC)COC(=O)CCCCCCCCCCCCCCCCCCC. The first-order valence-electron chi connectivity index (χ1n) is 27.4. The molecule has 0 rings (SSSR count). The average molecular weight is 907 g/mol. The lowest BCUT2D eigenvalue weighted by molar-refractivity contribution is -0.167. The zero-order valence-electron chi connectivity index (χ0n) is 42.7. The van der Waals surface area contributed by atoms with Gasteiger partial charge in [0, 0.05) is 19.3 Å². The Balaban J connectivity index is 4.42. The van der Waals surface area contributed by atoms with Crippen LogP contribution in [0.3, 0.4) is 0 Å². The van der Waals surface area contributed by atoms with Gasteiger partial charge in [-0.3, -0.25) is 14.4 Å². The Morgan fingerprint density at radius 3 is 0.954 bits per heavy atom. The third kappa shape index (κ3) is 51.7. The first-order chi connectivity index (χ1) is 32.0. The topological polar surface area (TPSA) is 78.9 Å². The number of carbonyl (C=O) groups excluding carboxylic acids is 3. The molecule has 6 heteroatoms. The highest BCUT2D eigenvalue weighted by Gasteiger charge is 2.19. The number of unbranched alkanes of at least 4 members (excludes halogenated alkanes) is 26. The second kappa shape index (κ2) is 53.5. The minimum Gasteiger partial charge on any atom is -0.462 e. The molecular formula is C59H102O6. The highest BCUT2D eigenvalue weighted by molar-refractivity contribution is 5.71. The summed E-state index contributed by atoms with van der Waals surface area (Å²) in [7, 11) is 0. The highest BCUT2D eigenvalue weighted by atomic mass is 16.6. The predicted octanol–water partition coefficient (Wildman–Crippen LogP) is 18.2. The second-order valence-corrected chi connectivity index (χ2v) is 18.1. The Morgan fingerprint density at radius 2 is 0.600 bits per heavy atom. The molecule has 0 N–H and O–H groups in total. The van der Waals surface area contributed by atoms with Crippen LogP contribution in [0.15, 0.2) is 72.9 Å². The summed E-state index contributed by atoms with van der Waals surface area (Å²) >= 11 is 0. The smallest absolute Gasteiger partial charge is 0.306 e. The van der Waals surface area contributed by atoms with E-state index in [9.17, 15) is 14.4 Å². The van der Waals surface area contributed by atoms with Crippen LogP contribution in [0, 0.1) is 0 Å². The fourth-order valence-corrected chi connectivity index (χ4v) is 7.65. The largest absolute Gasteiger partial charge is 0.462 e. The van der Waals surface area contributed by atoms with Gasteiger partial charge in [0.05, 0.1) is 0 Å². The molecule has 6 nitrogen and oxygen atoms in total. The van der Waals surface area contributed by atoms with Crippen molar-refractivity contribution in [2.45, 2.75) is 271 Å². The van der Waals surface area contributed by atoms with Crippen molar-refractivity contribution in [1.82, 2.24) is 0 Å². The normalized spacial score (nSPS) is 12.6. The maximum atomic E-state index is 12.8. The number of rotatable bonds is 49. The molecule has 0 bridgehead atoms. The summed E-state index contributed by atoms with van der Waals surface area (Å²) in [6, 6.07) is 0. The number of ether oxygens (including phenoxy) is 3. The van der Waals surface area contributed by atoms with Crippen molar-refractivity contribution in [3.63, 3.8) is 0 Å². The van der Waals surface area contributed by atoms with E-state index in [0.717, 1.165) is 109 Å². The first-order valence-corrected chi connectivity index (χ1v) is 27.4.